The number of nitrogens with two attached hydrogens (primary N) is 1. The lowest BCUT2D eigenvalue weighted by atomic mass is 9.74. The van der Waals surface area contributed by atoms with Crippen molar-refractivity contribution in [3.8, 4) is 5.75 Å². The van der Waals surface area contributed by atoms with Crippen molar-refractivity contribution in [3.63, 3.8) is 0 Å². The summed E-state index contributed by atoms with van der Waals surface area (Å²) in [5.74, 6) is 0.450. The number of hydrogen-bond acceptors (Lipinski definition) is 3. The molecule has 4 nitrogen and oxygen atoms in total. The van der Waals surface area contributed by atoms with Crippen LogP contribution in [0.1, 0.15) is 43.0 Å². The Balaban J connectivity index is 2.18. The molecule has 0 spiro atoms. The maximum absolute atomic E-state index is 12.3. The first-order chi connectivity index (χ1) is 8.60. The smallest absolute Gasteiger partial charge is 0.255 e. The van der Waals surface area contributed by atoms with Crippen molar-refractivity contribution in [1.29, 1.82) is 0 Å². The van der Waals surface area contributed by atoms with Crippen LogP contribution in [0.2, 0.25) is 0 Å². The fraction of sp³-hybridized carbons (Fsp3) is 0.500. The van der Waals surface area contributed by atoms with Crippen molar-refractivity contribution in [2.45, 2.75) is 38.1 Å². The van der Waals surface area contributed by atoms with Gasteiger partial charge in [-0.25, -0.2) is 0 Å². The number of carbonyl (C=O) groups is 1. The lowest BCUT2D eigenvalue weighted by Crippen LogP contribution is -2.53. The van der Waals surface area contributed by atoms with E-state index in [1.807, 2.05) is 0 Å². The van der Waals surface area contributed by atoms with Crippen molar-refractivity contribution in [2.24, 2.45) is 0 Å². The number of anilines is 1. The van der Waals surface area contributed by atoms with Crippen molar-refractivity contribution >= 4 is 11.6 Å². The molecule has 0 aliphatic heterocycles. The van der Waals surface area contributed by atoms with E-state index in [2.05, 4.69) is 12.2 Å². The molecule has 1 fully saturated rings. The number of hydrogen-bond donors (Lipinski definition) is 2. The molecule has 0 unspecified atom stereocenters. The highest BCUT2D eigenvalue weighted by atomic mass is 16.5. The highest BCUT2D eigenvalue weighted by Gasteiger charge is 2.36. The Hall–Kier alpha value is -1.71. The molecule has 2 rings (SSSR count). The van der Waals surface area contributed by atoms with Crippen LogP contribution in [0.5, 0.6) is 5.75 Å². The summed E-state index contributed by atoms with van der Waals surface area (Å²) in [6, 6.07) is 5.11. The Kier molecular flexibility index (Phi) is 3.45. The number of methoxy groups -OCH3 is 1. The van der Waals surface area contributed by atoms with Crippen molar-refractivity contribution in [3.05, 3.63) is 23.8 Å². The minimum Gasteiger partial charge on any atom is -0.496 e. The van der Waals surface area contributed by atoms with Crippen LogP contribution in [0, 0.1) is 0 Å². The molecule has 0 aromatic heterocycles. The van der Waals surface area contributed by atoms with Crippen LogP contribution in [0.3, 0.4) is 0 Å². The monoisotopic (exact) mass is 248 g/mol. The standard InChI is InChI=1S/C14H20N2O2/c1-3-14(7-4-8-14)16-13(17)11-6-5-10(15)9-12(11)18-2/h5-6,9H,3-4,7-8,15H2,1-2H3,(H,16,17). The largest absolute Gasteiger partial charge is 0.496 e. The van der Waals surface area contributed by atoms with E-state index in [1.165, 1.54) is 6.42 Å². The maximum atomic E-state index is 12.3. The molecule has 1 aliphatic carbocycles. The minimum absolute atomic E-state index is 0.0104. The number of ether oxygens (including phenoxy) is 1. The van der Waals surface area contributed by atoms with E-state index in [1.54, 1.807) is 25.3 Å². The average molecular weight is 248 g/mol. The topological polar surface area (TPSA) is 64.4 Å². The third-order valence-electron chi connectivity index (χ3n) is 3.84. The van der Waals surface area contributed by atoms with E-state index in [4.69, 9.17) is 10.5 Å². The van der Waals surface area contributed by atoms with Gasteiger partial charge in [-0.05, 0) is 37.8 Å². The summed E-state index contributed by atoms with van der Waals surface area (Å²) in [5.41, 5.74) is 6.81. The normalized spacial score (nSPS) is 16.8. The van der Waals surface area contributed by atoms with Gasteiger partial charge >= 0.3 is 0 Å². The van der Waals surface area contributed by atoms with Gasteiger partial charge in [-0.1, -0.05) is 6.92 Å². The average Bonchev–Trinajstić information content (AvgIpc) is 2.33. The third-order valence-corrected chi connectivity index (χ3v) is 3.84. The van der Waals surface area contributed by atoms with Crippen LogP contribution in [0.15, 0.2) is 18.2 Å². The fourth-order valence-corrected chi connectivity index (χ4v) is 2.37. The van der Waals surface area contributed by atoms with Crippen LogP contribution in [-0.4, -0.2) is 18.6 Å². The Morgan fingerprint density at radius 1 is 1.50 bits per heavy atom. The highest BCUT2D eigenvalue weighted by molar-refractivity contribution is 5.97. The number of rotatable bonds is 4. The molecule has 1 aliphatic rings. The molecule has 0 saturated heterocycles. The molecule has 0 heterocycles. The van der Waals surface area contributed by atoms with Gasteiger partial charge in [0.05, 0.1) is 12.7 Å². The Morgan fingerprint density at radius 3 is 2.72 bits per heavy atom. The second-order valence-corrected chi connectivity index (χ2v) is 4.90. The van der Waals surface area contributed by atoms with Gasteiger partial charge in [0, 0.05) is 17.3 Å². The zero-order valence-corrected chi connectivity index (χ0v) is 11.0. The van der Waals surface area contributed by atoms with Gasteiger partial charge in [0.2, 0.25) is 0 Å². The summed E-state index contributed by atoms with van der Waals surface area (Å²) in [7, 11) is 1.55. The zero-order valence-electron chi connectivity index (χ0n) is 11.0. The molecule has 0 bridgehead atoms. The molecule has 4 heteroatoms. The predicted molar refractivity (Wildman–Crippen MR) is 71.7 cm³/mol. The van der Waals surface area contributed by atoms with Crippen molar-refractivity contribution in [1.82, 2.24) is 5.32 Å². The minimum atomic E-state index is -0.0756. The van der Waals surface area contributed by atoms with Gasteiger partial charge in [-0.3, -0.25) is 4.79 Å². The number of benzene rings is 1. The Labute approximate surface area is 108 Å². The summed E-state index contributed by atoms with van der Waals surface area (Å²) in [6.45, 7) is 2.11. The van der Waals surface area contributed by atoms with Gasteiger partial charge in [-0.2, -0.15) is 0 Å². The number of nitrogens with one attached hydrogen (secondary N) is 1. The molecule has 0 radical (unpaired) electrons. The molecular weight excluding hydrogens is 228 g/mol. The lowest BCUT2D eigenvalue weighted by Gasteiger charge is -2.42. The zero-order chi connectivity index (χ0) is 13.2. The summed E-state index contributed by atoms with van der Waals surface area (Å²) >= 11 is 0. The quantitative estimate of drug-likeness (QED) is 0.804. The third kappa shape index (κ3) is 2.28. The Bertz CT molecular complexity index is 448. The second-order valence-electron chi connectivity index (χ2n) is 4.90. The van der Waals surface area contributed by atoms with Crippen molar-refractivity contribution < 1.29 is 9.53 Å². The molecule has 1 aromatic carbocycles. The van der Waals surface area contributed by atoms with E-state index >= 15 is 0 Å². The first-order valence-corrected chi connectivity index (χ1v) is 6.36. The van der Waals surface area contributed by atoms with Crippen LogP contribution in [0.25, 0.3) is 0 Å². The summed E-state index contributed by atoms with van der Waals surface area (Å²) in [5, 5.41) is 3.13. The first kappa shape index (κ1) is 12.7. The van der Waals surface area contributed by atoms with Crippen molar-refractivity contribution in [2.75, 3.05) is 12.8 Å². The SMILES string of the molecule is CCC1(NC(=O)c2ccc(N)cc2OC)CCC1. The van der Waals surface area contributed by atoms with E-state index in [9.17, 15) is 4.79 Å². The van der Waals surface area contributed by atoms with Gasteiger partial charge in [0.25, 0.3) is 5.91 Å². The van der Waals surface area contributed by atoms with Crippen LogP contribution in [0.4, 0.5) is 5.69 Å². The molecule has 1 saturated carbocycles. The van der Waals surface area contributed by atoms with Crippen LogP contribution in [-0.2, 0) is 0 Å². The van der Waals surface area contributed by atoms with E-state index < -0.39 is 0 Å². The summed E-state index contributed by atoms with van der Waals surface area (Å²) < 4.78 is 5.21. The number of nitrogen functional groups attached to an aromatic ring is 1. The van der Waals surface area contributed by atoms with Gasteiger partial charge in [0.15, 0.2) is 0 Å². The fourth-order valence-electron chi connectivity index (χ4n) is 2.37. The molecule has 1 aromatic rings. The summed E-state index contributed by atoms with van der Waals surface area (Å²) in [4.78, 5) is 12.3. The van der Waals surface area contributed by atoms with E-state index in [-0.39, 0.29) is 11.4 Å². The number of amides is 1. The summed E-state index contributed by atoms with van der Waals surface area (Å²) in [6.07, 6.45) is 4.28. The Morgan fingerprint density at radius 2 is 2.22 bits per heavy atom. The molecular formula is C14H20N2O2. The molecule has 98 valence electrons. The van der Waals surface area contributed by atoms with Crippen LogP contribution >= 0.6 is 0 Å². The highest BCUT2D eigenvalue weighted by Crippen LogP contribution is 2.35. The van der Waals surface area contributed by atoms with Crippen LogP contribution < -0.4 is 15.8 Å². The molecule has 3 N–H and O–H groups in total. The van der Waals surface area contributed by atoms with Gasteiger partial charge < -0.3 is 15.8 Å². The molecule has 0 atom stereocenters. The van der Waals surface area contributed by atoms with Gasteiger partial charge in [-0.15, -0.1) is 0 Å². The first-order valence-electron chi connectivity index (χ1n) is 6.36. The lowest BCUT2D eigenvalue weighted by molar-refractivity contribution is 0.0817. The predicted octanol–water partition coefficient (Wildman–Crippen LogP) is 2.34. The maximum Gasteiger partial charge on any atom is 0.255 e. The molecule has 18 heavy (non-hydrogen) atoms. The van der Waals surface area contributed by atoms with E-state index in [0.717, 1.165) is 19.3 Å². The van der Waals surface area contributed by atoms with E-state index in [0.29, 0.717) is 17.0 Å². The second kappa shape index (κ2) is 4.88. The molecule has 1 amide bonds. The number of carbonyl (C=O) groups excluding carboxylic acids is 1. The van der Waals surface area contributed by atoms with Gasteiger partial charge in [0.1, 0.15) is 5.75 Å².